The molecule has 0 spiro atoms. The summed E-state index contributed by atoms with van der Waals surface area (Å²) in [6.45, 7) is 2.86. The van der Waals surface area contributed by atoms with E-state index in [-0.39, 0.29) is 5.78 Å². The van der Waals surface area contributed by atoms with E-state index in [4.69, 9.17) is 10.2 Å². The molecule has 0 saturated carbocycles. The van der Waals surface area contributed by atoms with Crippen molar-refractivity contribution >= 4 is 17.7 Å². The molecule has 2 aromatic rings. The Kier molecular flexibility index (Phi) is 15.9. The first-order chi connectivity index (χ1) is 19.0. The number of carboxylic acid groups (broad SMARTS) is 2. The first-order valence-corrected chi connectivity index (χ1v) is 15.2. The third-order valence-corrected chi connectivity index (χ3v) is 7.57. The fourth-order valence-corrected chi connectivity index (χ4v) is 5.28. The standard InChI is InChI=1S/C18H36O2.C15H13NO3/c1-2-3-4-5-6-7-8-9-10-11-12-13-14-15-16-17-18(19)20;17-14(10-4-2-1-3-5-10)13-7-6-12-11(15(18)19)8-9-16(12)13/h2-17H2,1H3,(H,19,20);1-7,11H,8-9H2,(H,18,19). The van der Waals surface area contributed by atoms with E-state index in [2.05, 4.69) is 6.92 Å². The van der Waals surface area contributed by atoms with E-state index in [1.165, 1.54) is 83.5 Å². The number of fused-ring (bicyclic) bond motifs is 1. The minimum atomic E-state index is -0.824. The van der Waals surface area contributed by atoms with Crippen molar-refractivity contribution in [1.82, 2.24) is 4.57 Å². The highest BCUT2D eigenvalue weighted by Gasteiger charge is 2.31. The van der Waals surface area contributed by atoms with Crippen LogP contribution in [0.5, 0.6) is 0 Å². The minimum Gasteiger partial charge on any atom is -0.481 e. The third-order valence-electron chi connectivity index (χ3n) is 7.57. The molecule has 3 rings (SSSR count). The number of rotatable bonds is 19. The second-order valence-corrected chi connectivity index (χ2v) is 10.8. The monoisotopic (exact) mass is 539 g/mol. The van der Waals surface area contributed by atoms with Gasteiger partial charge in [-0.3, -0.25) is 14.4 Å². The summed E-state index contributed by atoms with van der Waals surface area (Å²) in [4.78, 5) is 33.8. The number of aromatic nitrogens is 1. The fourth-order valence-electron chi connectivity index (χ4n) is 5.28. The molecular formula is C33H49NO5. The molecule has 0 radical (unpaired) electrons. The first-order valence-electron chi connectivity index (χ1n) is 15.2. The summed E-state index contributed by atoms with van der Waals surface area (Å²) in [5, 5.41) is 17.6. The smallest absolute Gasteiger partial charge is 0.312 e. The highest BCUT2D eigenvalue weighted by atomic mass is 16.4. The topological polar surface area (TPSA) is 96.6 Å². The molecule has 216 valence electrons. The van der Waals surface area contributed by atoms with Crippen LogP contribution < -0.4 is 0 Å². The number of benzene rings is 1. The van der Waals surface area contributed by atoms with Crippen LogP contribution >= 0.6 is 0 Å². The number of hydrogen-bond acceptors (Lipinski definition) is 3. The van der Waals surface area contributed by atoms with Crippen LogP contribution in [-0.4, -0.2) is 32.5 Å². The Morgan fingerprint density at radius 1 is 0.718 bits per heavy atom. The van der Waals surface area contributed by atoms with E-state index < -0.39 is 17.9 Å². The molecule has 1 atom stereocenters. The van der Waals surface area contributed by atoms with Gasteiger partial charge < -0.3 is 14.8 Å². The molecule has 6 nitrogen and oxygen atoms in total. The Hall–Kier alpha value is -2.89. The van der Waals surface area contributed by atoms with Gasteiger partial charge in [-0.2, -0.15) is 0 Å². The number of carbonyl (C=O) groups is 3. The number of unbranched alkanes of at least 4 members (excludes halogenated alkanes) is 14. The molecule has 1 aliphatic heterocycles. The quantitative estimate of drug-likeness (QED) is 0.138. The summed E-state index contributed by atoms with van der Waals surface area (Å²) in [7, 11) is 0. The van der Waals surface area contributed by atoms with Crippen LogP contribution in [0, 0.1) is 0 Å². The predicted octanol–water partition coefficient (Wildman–Crippen LogP) is 8.62. The number of nitrogens with zero attached hydrogens (tertiary/aromatic N) is 1. The maximum Gasteiger partial charge on any atom is 0.312 e. The second kappa shape index (κ2) is 19.2. The van der Waals surface area contributed by atoms with Crippen LogP contribution in [0.4, 0.5) is 0 Å². The molecule has 39 heavy (non-hydrogen) atoms. The number of ketones is 1. The van der Waals surface area contributed by atoms with E-state index in [0.29, 0.717) is 30.6 Å². The number of aliphatic carboxylic acids is 2. The van der Waals surface area contributed by atoms with Crippen molar-refractivity contribution in [2.24, 2.45) is 0 Å². The zero-order chi connectivity index (χ0) is 28.3. The average molecular weight is 540 g/mol. The van der Waals surface area contributed by atoms with Gasteiger partial charge in [-0.25, -0.2) is 0 Å². The van der Waals surface area contributed by atoms with Gasteiger partial charge in [0.05, 0.1) is 11.6 Å². The maximum atomic E-state index is 12.4. The molecule has 0 amide bonds. The van der Waals surface area contributed by atoms with Gasteiger partial charge in [0.15, 0.2) is 0 Å². The molecule has 2 heterocycles. The molecule has 0 bridgehead atoms. The summed E-state index contributed by atoms with van der Waals surface area (Å²) in [6.07, 6.45) is 20.8. The Bertz CT molecular complexity index is 981. The summed E-state index contributed by atoms with van der Waals surface area (Å²) < 4.78 is 1.83. The minimum absolute atomic E-state index is 0.0575. The van der Waals surface area contributed by atoms with Gasteiger partial charge in [0.25, 0.3) is 0 Å². The molecule has 0 aliphatic carbocycles. The van der Waals surface area contributed by atoms with E-state index in [1.54, 1.807) is 24.3 Å². The van der Waals surface area contributed by atoms with Crippen molar-refractivity contribution in [3.05, 3.63) is 59.4 Å². The van der Waals surface area contributed by atoms with E-state index in [0.717, 1.165) is 18.5 Å². The van der Waals surface area contributed by atoms with Crippen molar-refractivity contribution in [2.75, 3.05) is 0 Å². The fraction of sp³-hybridized carbons (Fsp3) is 0.606. The van der Waals surface area contributed by atoms with Crippen molar-refractivity contribution in [1.29, 1.82) is 0 Å². The molecule has 6 heteroatoms. The average Bonchev–Trinajstić information content (AvgIpc) is 3.54. The lowest BCUT2D eigenvalue weighted by atomic mass is 10.0. The van der Waals surface area contributed by atoms with E-state index in [1.807, 2.05) is 22.8 Å². The van der Waals surface area contributed by atoms with Crippen LogP contribution in [0.2, 0.25) is 0 Å². The van der Waals surface area contributed by atoms with Gasteiger partial charge in [-0.05, 0) is 25.0 Å². The molecule has 1 aromatic carbocycles. The van der Waals surface area contributed by atoms with Gasteiger partial charge in [0, 0.05) is 24.2 Å². The van der Waals surface area contributed by atoms with Crippen LogP contribution in [-0.2, 0) is 16.1 Å². The first kappa shape index (κ1) is 32.3. The predicted molar refractivity (Wildman–Crippen MR) is 156 cm³/mol. The van der Waals surface area contributed by atoms with E-state index >= 15 is 0 Å². The lowest BCUT2D eigenvalue weighted by molar-refractivity contribution is -0.139. The molecule has 0 saturated heterocycles. The Labute approximate surface area is 234 Å². The van der Waals surface area contributed by atoms with Crippen LogP contribution in [0.1, 0.15) is 144 Å². The summed E-state index contributed by atoms with van der Waals surface area (Å²) in [6, 6.07) is 12.5. The summed E-state index contributed by atoms with van der Waals surface area (Å²) in [5.74, 6) is -2.02. The van der Waals surface area contributed by atoms with Gasteiger partial charge in [0.2, 0.25) is 5.78 Å². The Balaban J connectivity index is 0.000000273. The van der Waals surface area contributed by atoms with Crippen molar-refractivity contribution < 1.29 is 24.6 Å². The SMILES string of the molecule is CCCCCCCCCCCCCCCCCC(=O)O.O=C(c1ccccc1)c1ccc2n1CCC2C(=O)O. The number of carboxylic acids is 2. The molecule has 0 fully saturated rings. The molecule has 1 unspecified atom stereocenters. The molecule has 1 aromatic heterocycles. The summed E-state index contributed by atoms with van der Waals surface area (Å²) >= 11 is 0. The van der Waals surface area contributed by atoms with Crippen molar-refractivity contribution in [2.45, 2.75) is 129 Å². The number of carbonyl (C=O) groups excluding carboxylic acids is 1. The number of hydrogen-bond donors (Lipinski definition) is 2. The van der Waals surface area contributed by atoms with Gasteiger partial charge in [-0.1, -0.05) is 127 Å². The normalized spacial score (nSPS) is 13.9. The second-order valence-electron chi connectivity index (χ2n) is 10.8. The highest BCUT2D eigenvalue weighted by Crippen LogP contribution is 2.31. The molecule has 2 N–H and O–H groups in total. The Morgan fingerprint density at radius 3 is 1.72 bits per heavy atom. The van der Waals surface area contributed by atoms with Crippen LogP contribution in [0.3, 0.4) is 0 Å². The van der Waals surface area contributed by atoms with Gasteiger partial charge >= 0.3 is 11.9 Å². The van der Waals surface area contributed by atoms with Gasteiger partial charge in [-0.15, -0.1) is 0 Å². The van der Waals surface area contributed by atoms with E-state index in [9.17, 15) is 14.4 Å². The maximum absolute atomic E-state index is 12.4. The summed E-state index contributed by atoms with van der Waals surface area (Å²) in [5.41, 5.74) is 1.93. The lowest BCUT2D eigenvalue weighted by Crippen LogP contribution is -2.09. The van der Waals surface area contributed by atoms with Crippen molar-refractivity contribution in [3.63, 3.8) is 0 Å². The largest absolute Gasteiger partial charge is 0.481 e. The highest BCUT2D eigenvalue weighted by molar-refractivity contribution is 6.08. The molecule has 1 aliphatic rings. The van der Waals surface area contributed by atoms with Crippen LogP contribution in [0.15, 0.2) is 42.5 Å². The Morgan fingerprint density at radius 2 is 1.23 bits per heavy atom. The zero-order valence-corrected chi connectivity index (χ0v) is 23.9. The van der Waals surface area contributed by atoms with Crippen molar-refractivity contribution in [3.8, 4) is 0 Å². The third kappa shape index (κ3) is 12.2. The lowest BCUT2D eigenvalue weighted by Gasteiger charge is -2.05. The van der Waals surface area contributed by atoms with Crippen LogP contribution in [0.25, 0.3) is 0 Å². The zero-order valence-electron chi connectivity index (χ0n) is 23.9. The van der Waals surface area contributed by atoms with Gasteiger partial charge in [0.1, 0.15) is 0 Å². The molecular weight excluding hydrogens is 490 g/mol.